The number of carbonyl (C=O) groups excluding carboxylic acids is 1. The number of nitrogens with two attached hydrogens (primary N) is 1. The topological polar surface area (TPSA) is 52.3 Å². The number of rotatable bonds is 3. The molecule has 5 heteroatoms. The van der Waals surface area contributed by atoms with E-state index in [1.807, 2.05) is 0 Å². The first-order chi connectivity index (χ1) is 4.22. The summed E-state index contributed by atoms with van der Waals surface area (Å²) in [5.74, 6) is -0.0498. The zero-order valence-electron chi connectivity index (χ0n) is 5.71. The Bertz CT molecular complexity index is 102. The van der Waals surface area contributed by atoms with Crippen LogP contribution in [-0.2, 0) is 9.53 Å². The van der Waals surface area contributed by atoms with Crippen LogP contribution in [0.4, 0.5) is 0 Å². The highest BCUT2D eigenvalue weighted by atomic mass is 35.5. The molecule has 0 aromatic rings. The zero-order valence-corrected chi connectivity index (χ0v) is 7.36. The van der Waals surface area contributed by atoms with E-state index in [1.54, 1.807) is 6.92 Å². The molecule has 10 heavy (non-hydrogen) atoms. The van der Waals surface area contributed by atoms with E-state index in [0.717, 1.165) is 0 Å². The molecule has 0 unspecified atom stereocenters. The highest BCUT2D eigenvalue weighted by Crippen LogP contribution is 1.87. The minimum absolute atomic E-state index is 0. The number of thiol groups is 1. The van der Waals surface area contributed by atoms with Gasteiger partial charge in [-0.3, -0.25) is 4.79 Å². The summed E-state index contributed by atoms with van der Waals surface area (Å²) in [5.41, 5.74) is 5.25. The van der Waals surface area contributed by atoms with Crippen molar-refractivity contribution in [1.82, 2.24) is 0 Å². The lowest BCUT2D eigenvalue weighted by atomic mass is 10.4. The first-order valence-electron chi connectivity index (χ1n) is 2.75. The van der Waals surface area contributed by atoms with Gasteiger partial charge in [-0.1, -0.05) is 0 Å². The lowest BCUT2D eigenvalue weighted by Crippen LogP contribution is -3.00. The van der Waals surface area contributed by atoms with Crippen molar-refractivity contribution in [3.05, 3.63) is 0 Å². The quantitative estimate of drug-likeness (QED) is 0.359. The van der Waals surface area contributed by atoms with Gasteiger partial charge in [-0.25, -0.2) is 0 Å². The van der Waals surface area contributed by atoms with Crippen LogP contribution in [0.1, 0.15) is 6.92 Å². The van der Waals surface area contributed by atoms with Crippen LogP contribution in [0, 0.1) is 0 Å². The second-order valence-corrected chi connectivity index (χ2v) is 1.91. The number of hydrogen-bond donors (Lipinski definition) is 2. The van der Waals surface area contributed by atoms with Gasteiger partial charge in [-0.15, -0.1) is 0 Å². The Labute approximate surface area is 72.1 Å². The van der Waals surface area contributed by atoms with Crippen LogP contribution in [0.5, 0.6) is 0 Å². The molecular formula is C5H11ClNO2S-. The molecule has 0 heterocycles. The third-order valence-corrected chi connectivity index (χ3v) is 1.18. The van der Waals surface area contributed by atoms with E-state index in [4.69, 9.17) is 5.73 Å². The molecule has 0 saturated carbocycles. The first-order valence-corrected chi connectivity index (χ1v) is 3.38. The summed E-state index contributed by atoms with van der Waals surface area (Å²) in [4.78, 5) is 10.6. The van der Waals surface area contributed by atoms with Gasteiger partial charge in [0.1, 0.15) is 6.04 Å². The molecule has 0 radical (unpaired) electrons. The van der Waals surface area contributed by atoms with E-state index < -0.39 is 6.04 Å². The fourth-order valence-corrected chi connectivity index (χ4v) is 0.473. The normalized spacial score (nSPS) is 11.5. The summed E-state index contributed by atoms with van der Waals surface area (Å²) < 4.78 is 4.58. The van der Waals surface area contributed by atoms with Gasteiger partial charge in [0, 0.05) is 5.75 Å². The summed E-state index contributed by atoms with van der Waals surface area (Å²) in [6.45, 7) is 2.11. The number of esters is 1. The molecule has 62 valence electrons. The van der Waals surface area contributed by atoms with Crippen molar-refractivity contribution in [2.45, 2.75) is 13.0 Å². The molecule has 0 aliphatic heterocycles. The number of ether oxygens (including phenoxy) is 1. The molecule has 0 aliphatic rings. The fraction of sp³-hybridized carbons (Fsp3) is 0.800. The molecule has 0 rings (SSSR count). The Morgan fingerprint density at radius 1 is 1.80 bits per heavy atom. The third kappa shape index (κ3) is 4.90. The molecule has 0 bridgehead atoms. The van der Waals surface area contributed by atoms with E-state index in [9.17, 15) is 4.79 Å². The van der Waals surface area contributed by atoms with Gasteiger partial charge in [0.15, 0.2) is 0 Å². The van der Waals surface area contributed by atoms with Crippen molar-refractivity contribution in [2.75, 3.05) is 12.4 Å². The van der Waals surface area contributed by atoms with Crippen molar-refractivity contribution in [1.29, 1.82) is 0 Å². The van der Waals surface area contributed by atoms with E-state index in [1.165, 1.54) is 0 Å². The Balaban J connectivity index is 0. The van der Waals surface area contributed by atoms with Crippen molar-refractivity contribution < 1.29 is 21.9 Å². The summed E-state index contributed by atoms with van der Waals surface area (Å²) in [5, 5.41) is 0. The van der Waals surface area contributed by atoms with Crippen molar-refractivity contribution in [3.8, 4) is 0 Å². The Morgan fingerprint density at radius 2 is 2.30 bits per heavy atom. The lowest BCUT2D eigenvalue weighted by molar-refractivity contribution is -0.144. The minimum atomic E-state index is -0.576. The summed E-state index contributed by atoms with van der Waals surface area (Å²) in [7, 11) is 0. The standard InChI is InChI=1S/C5H11NO2S.ClH/c1-2-8-5(7)4(6)3-9;/h4,9H,2-3,6H2,1H3;1H/p-1/t4-;/m0./s1. The summed E-state index contributed by atoms with van der Waals surface area (Å²) >= 11 is 3.82. The first kappa shape index (κ1) is 12.7. The zero-order chi connectivity index (χ0) is 7.28. The smallest absolute Gasteiger partial charge is 0.323 e. The van der Waals surface area contributed by atoms with E-state index in [0.29, 0.717) is 12.4 Å². The maximum absolute atomic E-state index is 10.6. The molecular weight excluding hydrogens is 174 g/mol. The summed E-state index contributed by atoms with van der Waals surface area (Å²) in [6, 6.07) is -0.576. The second kappa shape index (κ2) is 7.18. The van der Waals surface area contributed by atoms with Crippen LogP contribution >= 0.6 is 12.6 Å². The third-order valence-electron chi connectivity index (χ3n) is 0.786. The molecule has 0 aliphatic carbocycles. The van der Waals surface area contributed by atoms with E-state index in [-0.39, 0.29) is 18.4 Å². The highest BCUT2D eigenvalue weighted by Gasteiger charge is 2.10. The van der Waals surface area contributed by atoms with Gasteiger partial charge in [0.2, 0.25) is 0 Å². The van der Waals surface area contributed by atoms with Crippen LogP contribution in [0.2, 0.25) is 0 Å². The predicted molar refractivity (Wildman–Crippen MR) is 38.5 cm³/mol. The molecule has 0 fully saturated rings. The Morgan fingerprint density at radius 3 is 2.60 bits per heavy atom. The van der Waals surface area contributed by atoms with E-state index in [2.05, 4.69) is 17.4 Å². The second-order valence-electron chi connectivity index (χ2n) is 1.54. The van der Waals surface area contributed by atoms with Gasteiger partial charge < -0.3 is 22.9 Å². The maximum atomic E-state index is 10.6. The highest BCUT2D eigenvalue weighted by molar-refractivity contribution is 7.80. The molecule has 0 amide bonds. The number of hydrogen-bond acceptors (Lipinski definition) is 4. The average Bonchev–Trinajstić information content (AvgIpc) is 1.87. The van der Waals surface area contributed by atoms with Gasteiger partial charge in [-0.05, 0) is 6.92 Å². The molecule has 1 atom stereocenters. The number of carbonyl (C=O) groups is 1. The number of halogens is 1. The Kier molecular flexibility index (Phi) is 9.13. The molecule has 0 aromatic heterocycles. The fourth-order valence-electron chi connectivity index (χ4n) is 0.324. The van der Waals surface area contributed by atoms with Crippen molar-refractivity contribution in [3.63, 3.8) is 0 Å². The van der Waals surface area contributed by atoms with Crippen LogP contribution in [0.25, 0.3) is 0 Å². The van der Waals surface area contributed by atoms with Gasteiger partial charge in [-0.2, -0.15) is 12.6 Å². The summed E-state index contributed by atoms with van der Waals surface area (Å²) in [6.07, 6.45) is 0. The molecule has 0 aromatic carbocycles. The van der Waals surface area contributed by atoms with Crippen LogP contribution < -0.4 is 18.1 Å². The monoisotopic (exact) mass is 184 g/mol. The van der Waals surface area contributed by atoms with Crippen LogP contribution in [-0.4, -0.2) is 24.4 Å². The molecule has 0 saturated heterocycles. The molecule has 0 spiro atoms. The maximum Gasteiger partial charge on any atom is 0.323 e. The Hall–Kier alpha value is 0.0700. The van der Waals surface area contributed by atoms with Gasteiger partial charge >= 0.3 is 5.97 Å². The van der Waals surface area contributed by atoms with Crippen LogP contribution in [0.3, 0.4) is 0 Å². The van der Waals surface area contributed by atoms with Crippen molar-refractivity contribution >= 4 is 18.6 Å². The largest absolute Gasteiger partial charge is 1.00 e. The predicted octanol–water partition coefficient (Wildman–Crippen LogP) is -3.19. The van der Waals surface area contributed by atoms with Gasteiger partial charge in [0.05, 0.1) is 6.61 Å². The van der Waals surface area contributed by atoms with Crippen molar-refractivity contribution in [2.24, 2.45) is 5.73 Å². The van der Waals surface area contributed by atoms with Gasteiger partial charge in [0.25, 0.3) is 0 Å². The molecule has 3 nitrogen and oxygen atoms in total. The molecule has 2 N–H and O–H groups in total. The lowest BCUT2D eigenvalue weighted by Gasteiger charge is -2.05. The minimum Gasteiger partial charge on any atom is -1.00 e. The van der Waals surface area contributed by atoms with Crippen LogP contribution in [0.15, 0.2) is 0 Å². The van der Waals surface area contributed by atoms with E-state index >= 15 is 0 Å². The average molecular weight is 185 g/mol. The SMILES string of the molecule is CCOC(=O)[C@@H](N)CS.[Cl-].